The van der Waals surface area contributed by atoms with E-state index >= 15 is 0 Å². The normalized spacial score (nSPS) is 7.62. The minimum Gasteiger partial charge on any atom is -0.453 e. The first kappa shape index (κ1) is 14.1. The molecule has 0 radical (unpaired) electrons. The smallest absolute Gasteiger partial charge is 0.406 e. The molecule has 2 amide bonds. The SMILES string of the molecule is CCNC(=O)OC.CCOC(N)=O. The van der Waals surface area contributed by atoms with Crippen LogP contribution < -0.4 is 11.1 Å². The lowest BCUT2D eigenvalue weighted by Gasteiger charge is -1.95. The van der Waals surface area contributed by atoms with Crippen LogP contribution in [0.4, 0.5) is 9.59 Å². The number of nitrogens with two attached hydrogens (primary N) is 1. The van der Waals surface area contributed by atoms with Crippen molar-refractivity contribution < 1.29 is 19.1 Å². The lowest BCUT2D eigenvalue weighted by molar-refractivity contribution is 0.163. The summed E-state index contributed by atoms with van der Waals surface area (Å²) in [4.78, 5) is 19.7. The first-order valence-corrected chi connectivity index (χ1v) is 3.82. The van der Waals surface area contributed by atoms with Crippen molar-refractivity contribution in [3.63, 3.8) is 0 Å². The predicted octanol–water partition coefficient (Wildman–Crippen LogP) is 0.464. The van der Waals surface area contributed by atoms with Gasteiger partial charge < -0.3 is 20.5 Å². The molecule has 78 valence electrons. The molecule has 0 aliphatic heterocycles. The highest BCUT2D eigenvalue weighted by molar-refractivity contribution is 5.66. The zero-order chi connectivity index (χ0) is 10.7. The first-order chi connectivity index (χ1) is 6.08. The van der Waals surface area contributed by atoms with Crippen LogP contribution in [0, 0.1) is 0 Å². The van der Waals surface area contributed by atoms with Gasteiger partial charge in [0.1, 0.15) is 0 Å². The van der Waals surface area contributed by atoms with E-state index in [1.165, 1.54) is 7.11 Å². The lowest BCUT2D eigenvalue weighted by atomic mass is 10.8. The second-order valence-corrected chi connectivity index (χ2v) is 1.77. The van der Waals surface area contributed by atoms with Gasteiger partial charge in [-0.05, 0) is 13.8 Å². The van der Waals surface area contributed by atoms with Gasteiger partial charge in [-0.25, -0.2) is 9.59 Å². The van der Waals surface area contributed by atoms with Crippen molar-refractivity contribution in [2.24, 2.45) is 5.73 Å². The van der Waals surface area contributed by atoms with Gasteiger partial charge in [-0.2, -0.15) is 0 Å². The van der Waals surface area contributed by atoms with E-state index in [0.29, 0.717) is 13.2 Å². The van der Waals surface area contributed by atoms with E-state index in [4.69, 9.17) is 0 Å². The fourth-order valence-corrected chi connectivity index (χ4v) is 0.359. The fourth-order valence-electron chi connectivity index (χ4n) is 0.359. The number of carbonyl (C=O) groups is 2. The van der Waals surface area contributed by atoms with Gasteiger partial charge in [-0.3, -0.25) is 0 Å². The minimum absolute atomic E-state index is 0.356. The third-order valence-corrected chi connectivity index (χ3v) is 0.793. The van der Waals surface area contributed by atoms with Crippen molar-refractivity contribution in [2.75, 3.05) is 20.3 Å². The Morgan fingerprint density at radius 3 is 2.00 bits per heavy atom. The Labute approximate surface area is 77.4 Å². The summed E-state index contributed by atoms with van der Waals surface area (Å²) >= 11 is 0. The number of ether oxygens (including phenoxy) is 2. The second kappa shape index (κ2) is 10.5. The van der Waals surface area contributed by atoms with Crippen LogP contribution in [0.25, 0.3) is 0 Å². The van der Waals surface area contributed by atoms with Crippen molar-refractivity contribution in [1.82, 2.24) is 5.32 Å². The molecule has 0 bridgehead atoms. The van der Waals surface area contributed by atoms with Gasteiger partial charge in [0.25, 0.3) is 0 Å². The molecule has 0 saturated carbocycles. The largest absolute Gasteiger partial charge is 0.453 e. The number of alkyl carbamates (subject to hydrolysis) is 1. The van der Waals surface area contributed by atoms with Gasteiger partial charge >= 0.3 is 12.2 Å². The van der Waals surface area contributed by atoms with Gasteiger partial charge in [-0.15, -0.1) is 0 Å². The molecule has 13 heavy (non-hydrogen) atoms. The van der Waals surface area contributed by atoms with Crippen LogP contribution >= 0.6 is 0 Å². The molecule has 3 N–H and O–H groups in total. The molecule has 0 atom stereocenters. The molecular formula is C7H16N2O4. The Balaban J connectivity index is 0. The molecule has 6 heteroatoms. The molecule has 0 saturated heterocycles. The summed E-state index contributed by atoms with van der Waals surface area (Å²) in [6.45, 7) is 4.50. The Bertz CT molecular complexity index is 149. The van der Waals surface area contributed by atoms with Crippen molar-refractivity contribution in [3.05, 3.63) is 0 Å². The van der Waals surface area contributed by atoms with E-state index < -0.39 is 6.09 Å². The van der Waals surface area contributed by atoms with Gasteiger partial charge in [0.15, 0.2) is 0 Å². The number of methoxy groups -OCH3 is 1. The van der Waals surface area contributed by atoms with Crippen LogP contribution in [0.5, 0.6) is 0 Å². The van der Waals surface area contributed by atoms with Crippen LogP contribution in [-0.2, 0) is 9.47 Å². The number of primary amides is 1. The summed E-state index contributed by atoms with van der Waals surface area (Å²) in [6.07, 6.45) is -1.08. The number of rotatable bonds is 2. The monoisotopic (exact) mass is 192 g/mol. The average Bonchev–Trinajstić information content (AvgIpc) is 2.05. The summed E-state index contributed by atoms with van der Waals surface area (Å²) in [6, 6.07) is 0. The molecule has 0 aliphatic carbocycles. The Kier molecular flexibility index (Phi) is 11.4. The zero-order valence-corrected chi connectivity index (χ0v) is 8.12. The van der Waals surface area contributed by atoms with Crippen molar-refractivity contribution >= 4 is 12.2 Å². The third kappa shape index (κ3) is 18.0. The Morgan fingerprint density at radius 1 is 1.38 bits per heavy atom. The molecule has 0 aromatic heterocycles. The fraction of sp³-hybridized carbons (Fsp3) is 0.714. The zero-order valence-electron chi connectivity index (χ0n) is 8.12. The van der Waals surface area contributed by atoms with E-state index in [2.05, 4.69) is 20.5 Å². The molecule has 0 aromatic carbocycles. The molecule has 6 nitrogen and oxygen atoms in total. The Hall–Kier alpha value is -1.46. The van der Waals surface area contributed by atoms with Gasteiger partial charge in [0, 0.05) is 6.54 Å². The maximum Gasteiger partial charge on any atom is 0.406 e. The molecule has 0 aromatic rings. The summed E-state index contributed by atoms with van der Waals surface area (Å²) in [7, 11) is 1.34. The molecule has 0 spiro atoms. The van der Waals surface area contributed by atoms with Crippen LogP contribution in [0.15, 0.2) is 0 Å². The summed E-state index contributed by atoms with van der Waals surface area (Å²) in [5.74, 6) is 0. The van der Waals surface area contributed by atoms with Crippen molar-refractivity contribution in [3.8, 4) is 0 Å². The topological polar surface area (TPSA) is 90.7 Å². The van der Waals surface area contributed by atoms with E-state index in [9.17, 15) is 9.59 Å². The molecule has 0 heterocycles. The molecule has 0 fully saturated rings. The lowest BCUT2D eigenvalue weighted by Crippen LogP contribution is -2.21. The van der Waals surface area contributed by atoms with E-state index in [1.807, 2.05) is 6.92 Å². The maximum absolute atomic E-state index is 10.1. The van der Waals surface area contributed by atoms with E-state index in [0.717, 1.165) is 0 Å². The number of hydrogen-bond donors (Lipinski definition) is 2. The number of hydrogen-bond acceptors (Lipinski definition) is 4. The highest BCUT2D eigenvalue weighted by atomic mass is 16.5. The van der Waals surface area contributed by atoms with Crippen LogP contribution in [0.1, 0.15) is 13.8 Å². The average molecular weight is 192 g/mol. The van der Waals surface area contributed by atoms with Crippen molar-refractivity contribution in [1.29, 1.82) is 0 Å². The molecule has 0 aliphatic rings. The third-order valence-electron chi connectivity index (χ3n) is 0.793. The van der Waals surface area contributed by atoms with Gasteiger partial charge in [-0.1, -0.05) is 0 Å². The summed E-state index contributed by atoms with van der Waals surface area (Å²) in [5.41, 5.74) is 4.54. The highest BCUT2D eigenvalue weighted by Crippen LogP contribution is 1.66. The number of nitrogens with one attached hydrogen (secondary N) is 1. The van der Waals surface area contributed by atoms with Crippen LogP contribution in [0.3, 0.4) is 0 Å². The molecule has 0 unspecified atom stereocenters. The quantitative estimate of drug-likeness (QED) is 0.665. The van der Waals surface area contributed by atoms with Crippen LogP contribution in [0.2, 0.25) is 0 Å². The number of carbonyl (C=O) groups excluding carboxylic acids is 2. The summed E-state index contributed by atoms with van der Waals surface area (Å²) < 4.78 is 8.42. The number of amides is 2. The van der Waals surface area contributed by atoms with E-state index in [-0.39, 0.29) is 6.09 Å². The second-order valence-electron chi connectivity index (χ2n) is 1.77. The minimum atomic E-state index is -0.711. The van der Waals surface area contributed by atoms with Gasteiger partial charge in [0.05, 0.1) is 13.7 Å². The summed E-state index contributed by atoms with van der Waals surface area (Å²) in [5, 5.41) is 2.43. The first-order valence-electron chi connectivity index (χ1n) is 3.82. The van der Waals surface area contributed by atoms with Gasteiger partial charge in [0.2, 0.25) is 0 Å². The van der Waals surface area contributed by atoms with E-state index in [1.54, 1.807) is 6.92 Å². The molecular weight excluding hydrogens is 176 g/mol. The Morgan fingerprint density at radius 2 is 1.92 bits per heavy atom. The predicted molar refractivity (Wildman–Crippen MR) is 47.3 cm³/mol. The highest BCUT2D eigenvalue weighted by Gasteiger charge is 1.89. The maximum atomic E-state index is 10.1. The molecule has 0 rings (SSSR count). The van der Waals surface area contributed by atoms with Crippen LogP contribution in [-0.4, -0.2) is 32.4 Å². The standard InChI is InChI=1S/C4H9NO2.C3H7NO2/c1-3-5-4(6)7-2;1-2-6-3(4)5/h3H2,1-2H3,(H,5,6);2H2,1H3,(H2,4,5). The van der Waals surface area contributed by atoms with Crippen molar-refractivity contribution in [2.45, 2.75) is 13.8 Å².